The first-order valence-corrected chi connectivity index (χ1v) is 9.50. The first-order chi connectivity index (χ1) is 12.5. The SMILES string of the molecule is O=C(Nc1ccccc1SCc1ccc(Cl)cc1)c1ccc(Cl)cc1F. The molecule has 26 heavy (non-hydrogen) atoms. The molecule has 0 saturated heterocycles. The molecule has 0 aliphatic rings. The molecule has 1 N–H and O–H groups in total. The van der Waals surface area contributed by atoms with Crippen molar-refractivity contribution >= 4 is 46.6 Å². The van der Waals surface area contributed by atoms with E-state index >= 15 is 0 Å². The zero-order valence-corrected chi connectivity index (χ0v) is 15.8. The van der Waals surface area contributed by atoms with Gasteiger partial charge in [0.25, 0.3) is 5.91 Å². The number of thioether (sulfide) groups is 1. The number of carbonyl (C=O) groups excluding carboxylic acids is 1. The highest BCUT2D eigenvalue weighted by Crippen LogP contribution is 2.30. The molecule has 0 spiro atoms. The summed E-state index contributed by atoms with van der Waals surface area (Å²) in [4.78, 5) is 13.3. The van der Waals surface area contributed by atoms with E-state index in [1.54, 1.807) is 17.8 Å². The van der Waals surface area contributed by atoms with E-state index in [1.165, 1.54) is 12.1 Å². The number of halogens is 3. The second-order valence-electron chi connectivity index (χ2n) is 5.49. The molecule has 0 aromatic heterocycles. The number of hydrogen-bond donors (Lipinski definition) is 1. The summed E-state index contributed by atoms with van der Waals surface area (Å²) in [6, 6.07) is 19.0. The lowest BCUT2D eigenvalue weighted by Crippen LogP contribution is -2.14. The second-order valence-corrected chi connectivity index (χ2v) is 7.38. The van der Waals surface area contributed by atoms with E-state index < -0.39 is 11.7 Å². The van der Waals surface area contributed by atoms with Gasteiger partial charge in [0.2, 0.25) is 0 Å². The Hall–Kier alpha value is -2.01. The largest absolute Gasteiger partial charge is 0.321 e. The zero-order valence-electron chi connectivity index (χ0n) is 13.5. The van der Waals surface area contributed by atoms with Crippen molar-refractivity contribution in [1.29, 1.82) is 0 Å². The third-order valence-corrected chi connectivity index (χ3v) is 5.25. The van der Waals surface area contributed by atoms with Crippen molar-refractivity contribution in [2.45, 2.75) is 10.6 Å². The van der Waals surface area contributed by atoms with Gasteiger partial charge < -0.3 is 5.32 Å². The van der Waals surface area contributed by atoms with Gasteiger partial charge in [-0.05, 0) is 48.0 Å². The Morgan fingerprint density at radius 1 is 0.962 bits per heavy atom. The highest BCUT2D eigenvalue weighted by molar-refractivity contribution is 7.98. The Labute approximate surface area is 165 Å². The minimum atomic E-state index is -0.652. The van der Waals surface area contributed by atoms with Crippen LogP contribution in [0.25, 0.3) is 0 Å². The topological polar surface area (TPSA) is 29.1 Å². The molecule has 6 heteroatoms. The molecule has 2 nitrogen and oxygen atoms in total. The average Bonchev–Trinajstić information content (AvgIpc) is 2.62. The lowest BCUT2D eigenvalue weighted by Gasteiger charge is -2.11. The first-order valence-electron chi connectivity index (χ1n) is 7.75. The third-order valence-electron chi connectivity index (χ3n) is 3.62. The zero-order chi connectivity index (χ0) is 18.5. The Morgan fingerprint density at radius 2 is 1.65 bits per heavy atom. The normalized spacial score (nSPS) is 10.6. The van der Waals surface area contributed by atoms with Crippen molar-refractivity contribution in [2.24, 2.45) is 0 Å². The molecule has 0 aliphatic carbocycles. The summed E-state index contributed by atoms with van der Waals surface area (Å²) in [6.45, 7) is 0. The smallest absolute Gasteiger partial charge is 0.258 e. The van der Waals surface area contributed by atoms with Crippen molar-refractivity contribution in [1.82, 2.24) is 0 Å². The highest BCUT2D eigenvalue weighted by Gasteiger charge is 2.14. The molecule has 0 bridgehead atoms. The van der Waals surface area contributed by atoms with Crippen molar-refractivity contribution in [3.05, 3.63) is 93.7 Å². The van der Waals surface area contributed by atoms with Crippen LogP contribution in [0.1, 0.15) is 15.9 Å². The van der Waals surface area contributed by atoms with Gasteiger partial charge in [0.05, 0.1) is 11.3 Å². The lowest BCUT2D eigenvalue weighted by molar-refractivity contribution is 0.102. The molecular weight excluding hydrogens is 392 g/mol. The number of carbonyl (C=O) groups is 1. The van der Waals surface area contributed by atoms with Gasteiger partial charge in [-0.1, -0.05) is 47.5 Å². The van der Waals surface area contributed by atoms with Gasteiger partial charge in [-0.2, -0.15) is 0 Å². The van der Waals surface area contributed by atoms with Crippen LogP contribution in [0, 0.1) is 5.82 Å². The number of hydrogen-bond acceptors (Lipinski definition) is 2. The van der Waals surface area contributed by atoms with Gasteiger partial charge in [0.1, 0.15) is 5.82 Å². The Balaban J connectivity index is 1.74. The van der Waals surface area contributed by atoms with E-state index in [0.717, 1.165) is 22.3 Å². The van der Waals surface area contributed by atoms with Crippen LogP contribution in [0.5, 0.6) is 0 Å². The molecule has 3 aromatic rings. The molecule has 0 radical (unpaired) electrons. The van der Waals surface area contributed by atoms with Gasteiger partial charge in [-0.25, -0.2) is 4.39 Å². The molecule has 0 fully saturated rings. The number of amides is 1. The van der Waals surface area contributed by atoms with Gasteiger partial charge in [-0.15, -0.1) is 11.8 Å². The number of nitrogens with one attached hydrogen (secondary N) is 1. The fraction of sp³-hybridized carbons (Fsp3) is 0.0500. The quantitative estimate of drug-likeness (QED) is 0.479. The maximum Gasteiger partial charge on any atom is 0.258 e. The average molecular weight is 406 g/mol. The van der Waals surface area contributed by atoms with Crippen LogP contribution in [0.15, 0.2) is 71.6 Å². The molecule has 3 rings (SSSR count). The minimum Gasteiger partial charge on any atom is -0.321 e. The van der Waals surface area contributed by atoms with Gasteiger partial charge >= 0.3 is 0 Å². The predicted molar refractivity (Wildman–Crippen MR) is 107 cm³/mol. The molecule has 1 amide bonds. The molecule has 0 saturated carbocycles. The molecule has 0 aliphatic heterocycles. The maximum atomic E-state index is 13.9. The number of para-hydroxylation sites is 1. The molecule has 0 unspecified atom stereocenters. The number of rotatable bonds is 5. The van der Waals surface area contributed by atoms with Crippen molar-refractivity contribution in [2.75, 3.05) is 5.32 Å². The van der Waals surface area contributed by atoms with E-state index in [0.29, 0.717) is 10.7 Å². The summed E-state index contributed by atoms with van der Waals surface area (Å²) in [5.74, 6) is -0.445. The van der Waals surface area contributed by atoms with Crippen molar-refractivity contribution < 1.29 is 9.18 Å². The van der Waals surface area contributed by atoms with Crippen LogP contribution in [-0.4, -0.2) is 5.91 Å². The van der Waals surface area contributed by atoms with E-state index in [2.05, 4.69) is 5.32 Å². The van der Waals surface area contributed by atoms with Crippen molar-refractivity contribution in [3.63, 3.8) is 0 Å². The van der Waals surface area contributed by atoms with Crippen LogP contribution in [0.2, 0.25) is 10.0 Å². The molecular formula is C20H14Cl2FNOS. The van der Waals surface area contributed by atoms with E-state index in [9.17, 15) is 9.18 Å². The number of benzene rings is 3. The summed E-state index contributed by atoms with van der Waals surface area (Å²) in [5.41, 5.74) is 1.70. The second kappa shape index (κ2) is 8.58. The Morgan fingerprint density at radius 3 is 2.38 bits per heavy atom. The van der Waals surface area contributed by atoms with Crippen LogP contribution >= 0.6 is 35.0 Å². The molecule has 0 heterocycles. The Bertz CT molecular complexity index is 931. The molecule has 132 valence electrons. The van der Waals surface area contributed by atoms with Crippen LogP contribution in [0.4, 0.5) is 10.1 Å². The first kappa shape index (κ1) is 18.8. The minimum absolute atomic E-state index is 0.0492. The summed E-state index contributed by atoms with van der Waals surface area (Å²) >= 11 is 13.2. The van der Waals surface area contributed by atoms with Gasteiger partial charge in [0, 0.05) is 20.7 Å². The highest BCUT2D eigenvalue weighted by atomic mass is 35.5. The Kier molecular flexibility index (Phi) is 6.20. The number of anilines is 1. The third kappa shape index (κ3) is 4.79. The lowest BCUT2D eigenvalue weighted by atomic mass is 10.2. The van der Waals surface area contributed by atoms with Gasteiger partial charge in [-0.3, -0.25) is 4.79 Å². The molecule has 0 atom stereocenters. The standard InChI is InChI=1S/C20H14Cl2FNOS/c21-14-7-5-13(6-8-14)12-26-19-4-2-1-3-18(19)24-20(25)16-10-9-15(22)11-17(16)23/h1-11H,12H2,(H,24,25). The predicted octanol–water partition coefficient (Wildman–Crippen LogP) is 6.68. The van der Waals surface area contributed by atoms with Gasteiger partial charge in [0.15, 0.2) is 0 Å². The van der Waals surface area contributed by atoms with Crippen LogP contribution < -0.4 is 5.32 Å². The summed E-state index contributed by atoms with van der Waals surface area (Å²) in [7, 11) is 0. The van der Waals surface area contributed by atoms with Crippen molar-refractivity contribution in [3.8, 4) is 0 Å². The fourth-order valence-electron chi connectivity index (χ4n) is 2.30. The maximum absolute atomic E-state index is 13.9. The summed E-state index contributed by atoms with van der Waals surface area (Å²) in [5, 5.41) is 3.71. The van der Waals surface area contributed by atoms with E-state index in [1.807, 2.05) is 42.5 Å². The summed E-state index contributed by atoms with van der Waals surface area (Å²) < 4.78 is 13.9. The van der Waals surface area contributed by atoms with Crippen LogP contribution in [0.3, 0.4) is 0 Å². The van der Waals surface area contributed by atoms with E-state index in [-0.39, 0.29) is 10.6 Å². The summed E-state index contributed by atoms with van der Waals surface area (Å²) in [6.07, 6.45) is 0. The van der Waals surface area contributed by atoms with E-state index in [4.69, 9.17) is 23.2 Å². The fourth-order valence-corrected chi connectivity index (χ4v) is 3.55. The van der Waals surface area contributed by atoms with Crippen LogP contribution in [-0.2, 0) is 5.75 Å². The molecule has 3 aromatic carbocycles. The monoisotopic (exact) mass is 405 g/mol.